The summed E-state index contributed by atoms with van der Waals surface area (Å²) in [5.41, 5.74) is 11.5. The fourth-order valence-corrected chi connectivity index (χ4v) is 9.54. The van der Waals surface area contributed by atoms with Crippen molar-refractivity contribution in [2.24, 2.45) is 0 Å². The van der Waals surface area contributed by atoms with Gasteiger partial charge in [0.1, 0.15) is 0 Å². The van der Waals surface area contributed by atoms with Crippen LogP contribution in [-0.2, 0) is 6.18 Å². The fourth-order valence-electron chi connectivity index (χ4n) is 9.54. The Labute approximate surface area is 362 Å². The van der Waals surface area contributed by atoms with Crippen LogP contribution in [0.4, 0.5) is 18.9 Å². The maximum Gasteiger partial charge on any atom is 0.417 e. The van der Waals surface area contributed by atoms with Crippen LogP contribution in [0.15, 0.2) is 200 Å². The number of halogens is 3. The average molecular weight is 820 g/mol. The number of rotatable bonds is 6. The maximum absolute atomic E-state index is 14.9. The highest BCUT2D eigenvalue weighted by molar-refractivity contribution is 6.13. The Morgan fingerprint density at radius 3 is 1.49 bits per heavy atom. The lowest BCUT2D eigenvalue weighted by Gasteiger charge is -2.22. The molecule has 0 aliphatic rings. The van der Waals surface area contributed by atoms with E-state index in [1.54, 1.807) is 25.1 Å². The largest absolute Gasteiger partial charge is 0.417 e. The lowest BCUT2D eigenvalue weighted by atomic mass is 9.90. The molecule has 11 rings (SSSR count). The van der Waals surface area contributed by atoms with Gasteiger partial charge < -0.3 is 9.13 Å². The molecule has 300 valence electrons. The van der Waals surface area contributed by atoms with Crippen LogP contribution in [0.5, 0.6) is 0 Å². The molecule has 2 heterocycles. The molecule has 11 aromatic rings. The smallest absolute Gasteiger partial charge is 0.310 e. The van der Waals surface area contributed by atoms with Crippen molar-refractivity contribution in [3.63, 3.8) is 0 Å². The minimum atomic E-state index is -4.59. The molecule has 0 atom stereocenters. The first-order valence-corrected chi connectivity index (χ1v) is 20.8. The number of fused-ring (bicyclic) bond motifs is 6. The quantitative estimate of drug-likeness (QED) is 0.148. The Hall–Kier alpha value is -8.14. The van der Waals surface area contributed by atoms with Gasteiger partial charge in [0.05, 0.1) is 39.9 Å². The molecule has 0 unspecified atom stereocenters. The van der Waals surface area contributed by atoms with Gasteiger partial charge in [0, 0.05) is 32.8 Å². The topological polar surface area (TPSA) is 14.2 Å². The summed E-state index contributed by atoms with van der Waals surface area (Å²) in [6.07, 6.45) is -4.59. The van der Waals surface area contributed by atoms with Crippen LogP contribution in [0.3, 0.4) is 0 Å². The second kappa shape index (κ2) is 14.8. The van der Waals surface area contributed by atoms with Crippen molar-refractivity contribution < 1.29 is 13.2 Å². The summed E-state index contributed by atoms with van der Waals surface area (Å²) < 4.78 is 49.1. The minimum Gasteiger partial charge on any atom is -0.310 e. The lowest BCUT2D eigenvalue weighted by Crippen LogP contribution is -2.08. The molecule has 6 heteroatoms. The number of alkyl halides is 3. The van der Waals surface area contributed by atoms with E-state index in [1.807, 2.05) is 84.9 Å². The highest BCUT2D eigenvalue weighted by atomic mass is 19.4. The number of aromatic nitrogens is 2. The molecule has 0 saturated heterocycles. The van der Waals surface area contributed by atoms with Crippen molar-refractivity contribution in [2.45, 2.75) is 13.1 Å². The van der Waals surface area contributed by atoms with E-state index in [0.717, 1.165) is 83.3 Å². The summed E-state index contributed by atoms with van der Waals surface area (Å²) in [7, 11) is 0. The van der Waals surface area contributed by atoms with Gasteiger partial charge in [-0.1, -0.05) is 140 Å². The van der Waals surface area contributed by atoms with E-state index < -0.39 is 11.7 Å². The summed E-state index contributed by atoms with van der Waals surface area (Å²) in [5.74, 6) is 0. The normalized spacial score (nSPS) is 11.8. The van der Waals surface area contributed by atoms with Crippen LogP contribution in [0.2, 0.25) is 0 Å². The van der Waals surface area contributed by atoms with Crippen molar-refractivity contribution in [3.8, 4) is 55.9 Å². The Morgan fingerprint density at radius 2 is 0.921 bits per heavy atom. The van der Waals surface area contributed by atoms with Crippen molar-refractivity contribution in [2.75, 3.05) is 0 Å². The molecular formula is C57H36F3N3. The highest BCUT2D eigenvalue weighted by Gasteiger charge is 2.34. The van der Waals surface area contributed by atoms with Gasteiger partial charge in [-0.05, 0) is 112 Å². The standard InChI is InChI=1S/C57H36F3N3/c1-36-15-13-22-47(57(58,59)60)55(36)41-29-32-53(62-49-24-11-9-20-42(49)44-33-39(27-30-51(44)62)37-16-5-3-6-17-37)46(35-41)56-48(61-2)23-14-26-54(56)63-50-25-12-10-21-43(50)45-34-40(28-31-52(45)63)38-18-7-4-8-19-38/h3-35H,1H3. The second-order valence-corrected chi connectivity index (χ2v) is 15.9. The molecule has 63 heavy (non-hydrogen) atoms. The molecule has 2 aromatic heterocycles. The lowest BCUT2D eigenvalue weighted by molar-refractivity contribution is -0.137. The summed E-state index contributed by atoms with van der Waals surface area (Å²) in [6.45, 7) is 10.4. The predicted molar refractivity (Wildman–Crippen MR) is 253 cm³/mol. The molecule has 0 radical (unpaired) electrons. The molecule has 0 fully saturated rings. The molecule has 0 aliphatic heterocycles. The van der Waals surface area contributed by atoms with E-state index in [9.17, 15) is 13.2 Å². The Kier molecular flexibility index (Phi) is 8.88. The van der Waals surface area contributed by atoms with Gasteiger partial charge in [-0.2, -0.15) is 13.2 Å². The van der Waals surface area contributed by atoms with Gasteiger partial charge in [-0.25, -0.2) is 4.85 Å². The molecule has 9 aromatic carbocycles. The molecule has 0 aliphatic carbocycles. The Morgan fingerprint density at radius 1 is 0.413 bits per heavy atom. The summed E-state index contributed by atoms with van der Waals surface area (Å²) >= 11 is 0. The number of para-hydroxylation sites is 2. The van der Waals surface area contributed by atoms with Crippen molar-refractivity contribution in [1.29, 1.82) is 0 Å². The zero-order valence-corrected chi connectivity index (χ0v) is 34.0. The summed E-state index contributed by atoms with van der Waals surface area (Å²) in [5, 5.41) is 4.17. The van der Waals surface area contributed by atoms with Crippen molar-refractivity contribution in [3.05, 3.63) is 223 Å². The van der Waals surface area contributed by atoms with Crippen LogP contribution >= 0.6 is 0 Å². The maximum atomic E-state index is 14.9. The number of aryl methyl sites for hydroxylation is 1. The van der Waals surface area contributed by atoms with E-state index in [1.165, 1.54) is 6.07 Å². The molecule has 0 spiro atoms. The Bertz CT molecular complexity index is 3630. The van der Waals surface area contributed by atoms with Gasteiger partial charge in [0.25, 0.3) is 0 Å². The third kappa shape index (κ3) is 6.20. The van der Waals surface area contributed by atoms with Crippen molar-refractivity contribution in [1.82, 2.24) is 9.13 Å². The first-order valence-electron chi connectivity index (χ1n) is 20.8. The monoisotopic (exact) mass is 819 g/mol. The van der Waals surface area contributed by atoms with Crippen LogP contribution in [0.25, 0.3) is 104 Å². The number of hydrogen-bond acceptors (Lipinski definition) is 0. The van der Waals surface area contributed by atoms with E-state index in [0.29, 0.717) is 27.9 Å². The minimum absolute atomic E-state index is 0.111. The Balaban J connectivity index is 1.25. The predicted octanol–water partition coefficient (Wildman–Crippen LogP) is 16.4. The first-order chi connectivity index (χ1) is 30.8. The van der Waals surface area contributed by atoms with Gasteiger partial charge in [0.15, 0.2) is 5.69 Å². The number of nitrogens with zero attached hydrogens (tertiary/aromatic N) is 3. The van der Waals surface area contributed by atoms with E-state index in [4.69, 9.17) is 6.57 Å². The molecule has 0 amide bonds. The zero-order chi connectivity index (χ0) is 42.8. The second-order valence-electron chi connectivity index (χ2n) is 15.9. The molecular weight excluding hydrogens is 784 g/mol. The summed E-state index contributed by atoms with van der Waals surface area (Å²) in [4.78, 5) is 4.15. The van der Waals surface area contributed by atoms with E-state index in [2.05, 4.69) is 98.9 Å². The van der Waals surface area contributed by atoms with Crippen LogP contribution in [0, 0.1) is 13.5 Å². The van der Waals surface area contributed by atoms with E-state index >= 15 is 0 Å². The zero-order valence-electron chi connectivity index (χ0n) is 34.0. The third-order valence-electron chi connectivity index (χ3n) is 12.3. The van der Waals surface area contributed by atoms with Crippen LogP contribution < -0.4 is 0 Å². The van der Waals surface area contributed by atoms with Crippen LogP contribution in [-0.4, -0.2) is 9.13 Å². The summed E-state index contributed by atoms with van der Waals surface area (Å²) in [6, 6.07) is 65.5. The SMILES string of the molecule is [C-]#[N+]c1cccc(-n2c3ccccc3c3cc(-c4ccccc4)ccc32)c1-c1cc(-c2c(C)cccc2C(F)(F)F)ccc1-n1c2ccccc2c2cc(-c3ccccc3)ccc21. The molecule has 0 N–H and O–H groups in total. The molecule has 3 nitrogen and oxygen atoms in total. The fraction of sp³-hybridized carbons (Fsp3) is 0.0351. The average Bonchev–Trinajstić information content (AvgIpc) is 3.83. The van der Waals surface area contributed by atoms with Gasteiger partial charge in [-0.3, -0.25) is 0 Å². The molecule has 0 saturated carbocycles. The molecule has 0 bridgehead atoms. The van der Waals surface area contributed by atoms with Gasteiger partial charge in [-0.15, -0.1) is 0 Å². The van der Waals surface area contributed by atoms with Gasteiger partial charge >= 0.3 is 6.18 Å². The third-order valence-corrected chi connectivity index (χ3v) is 12.3. The number of hydrogen-bond donors (Lipinski definition) is 0. The van der Waals surface area contributed by atoms with E-state index in [-0.39, 0.29) is 5.56 Å². The first kappa shape index (κ1) is 37.8. The van der Waals surface area contributed by atoms with Crippen molar-refractivity contribution >= 4 is 49.3 Å². The van der Waals surface area contributed by atoms with Gasteiger partial charge in [0.2, 0.25) is 0 Å². The van der Waals surface area contributed by atoms with Crippen LogP contribution in [0.1, 0.15) is 11.1 Å². The number of benzene rings is 9. The highest BCUT2D eigenvalue weighted by Crippen LogP contribution is 2.48.